The van der Waals surface area contributed by atoms with Gasteiger partial charge >= 0.3 is 5.97 Å². The Morgan fingerprint density at radius 1 is 1.36 bits per heavy atom. The van der Waals surface area contributed by atoms with Crippen molar-refractivity contribution in [3.05, 3.63) is 40.3 Å². The highest BCUT2D eigenvalue weighted by Crippen LogP contribution is 2.33. The third-order valence-corrected chi connectivity index (χ3v) is 4.89. The van der Waals surface area contributed by atoms with E-state index in [0.29, 0.717) is 36.5 Å². The number of carbonyl (C=O) groups is 2. The van der Waals surface area contributed by atoms with Gasteiger partial charge in [0.2, 0.25) is 0 Å². The predicted octanol–water partition coefficient (Wildman–Crippen LogP) is 2.47. The fourth-order valence-corrected chi connectivity index (χ4v) is 3.14. The second-order valence-electron chi connectivity index (χ2n) is 5.83. The Morgan fingerprint density at radius 3 is 2.72 bits per heavy atom. The zero-order valence-corrected chi connectivity index (χ0v) is 14.5. The normalized spacial score (nSPS) is 15.1. The molecule has 2 aromatic rings. The lowest BCUT2D eigenvalue weighted by atomic mass is 9.76. The smallest absolute Gasteiger partial charge is 0.329 e. The first-order chi connectivity index (χ1) is 12.0. The second kappa shape index (κ2) is 7.10. The average molecular weight is 362 g/mol. The molecule has 1 fully saturated rings. The van der Waals surface area contributed by atoms with Crippen LogP contribution in [-0.2, 0) is 11.4 Å². The van der Waals surface area contributed by atoms with Crippen LogP contribution in [0.15, 0.2) is 29.1 Å². The fourth-order valence-electron chi connectivity index (χ4n) is 2.60. The molecule has 0 aliphatic heterocycles. The van der Waals surface area contributed by atoms with Crippen LogP contribution < -0.4 is 14.8 Å². The number of methoxy groups -OCH3 is 1. The van der Waals surface area contributed by atoms with Crippen molar-refractivity contribution in [1.82, 2.24) is 10.3 Å². The molecule has 0 radical (unpaired) electrons. The van der Waals surface area contributed by atoms with Gasteiger partial charge in [0.25, 0.3) is 5.91 Å². The monoisotopic (exact) mass is 362 g/mol. The molecule has 1 saturated carbocycles. The van der Waals surface area contributed by atoms with Gasteiger partial charge in [-0.25, -0.2) is 9.78 Å². The average Bonchev–Trinajstić information content (AvgIpc) is 3.09. The lowest BCUT2D eigenvalue weighted by molar-refractivity contribution is -0.148. The molecule has 1 aliphatic carbocycles. The van der Waals surface area contributed by atoms with E-state index >= 15 is 0 Å². The molecule has 2 N–H and O–H groups in total. The zero-order valence-electron chi connectivity index (χ0n) is 13.7. The molecule has 0 atom stereocenters. The van der Waals surface area contributed by atoms with Crippen LogP contribution in [0.3, 0.4) is 0 Å². The third-order valence-electron chi connectivity index (χ3n) is 4.25. The number of aliphatic carboxylic acids is 1. The minimum atomic E-state index is -1.15. The Hall–Kier alpha value is -2.61. The second-order valence-corrected chi connectivity index (χ2v) is 6.55. The van der Waals surface area contributed by atoms with Crippen LogP contribution in [0.25, 0.3) is 0 Å². The van der Waals surface area contributed by atoms with E-state index in [1.54, 1.807) is 23.7 Å². The quantitative estimate of drug-likeness (QED) is 0.785. The molecule has 3 rings (SSSR count). The Bertz CT molecular complexity index is 771. The largest absolute Gasteiger partial charge is 0.493 e. The maximum absolute atomic E-state index is 12.4. The zero-order chi connectivity index (χ0) is 17.9. The molecule has 7 nitrogen and oxygen atoms in total. The number of hydrogen-bond acceptors (Lipinski definition) is 6. The van der Waals surface area contributed by atoms with Crippen LogP contribution in [0.1, 0.15) is 35.3 Å². The standard InChI is InChI=1S/C17H18N2O5S/c1-23-14-7-11(15(20)19-17(16(21)22)5-2-6-17)3-4-13(14)24-8-12-9-25-10-18-12/h3-4,7,9-10H,2,5-6,8H2,1H3,(H,19,20)(H,21,22). The number of nitrogens with one attached hydrogen (secondary N) is 1. The fraction of sp³-hybridized carbons (Fsp3) is 0.353. The minimum absolute atomic E-state index is 0.299. The molecule has 0 bridgehead atoms. The number of aromatic nitrogens is 1. The van der Waals surface area contributed by atoms with Crippen LogP contribution >= 0.6 is 11.3 Å². The van der Waals surface area contributed by atoms with Gasteiger partial charge in [-0.2, -0.15) is 0 Å². The summed E-state index contributed by atoms with van der Waals surface area (Å²) >= 11 is 1.48. The van der Waals surface area contributed by atoms with Gasteiger partial charge in [0.05, 0.1) is 18.3 Å². The lowest BCUT2D eigenvalue weighted by Gasteiger charge is -2.38. The number of nitrogens with zero attached hydrogens (tertiary/aromatic N) is 1. The predicted molar refractivity (Wildman–Crippen MR) is 91.1 cm³/mol. The SMILES string of the molecule is COc1cc(C(=O)NC2(C(=O)O)CCC2)ccc1OCc1cscn1. The highest BCUT2D eigenvalue weighted by molar-refractivity contribution is 7.07. The van der Waals surface area contributed by atoms with Gasteiger partial charge in [-0.1, -0.05) is 0 Å². The van der Waals surface area contributed by atoms with Gasteiger partial charge < -0.3 is 19.9 Å². The van der Waals surface area contributed by atoms with E-state index in [4.69, 9.17) is 9.47 Å². The number of ether oxygens (including phenoxy) is 2. The van der Waals surface area contributed by atoms with Crippen LogP contribution in [0.2, 0.25) is 0 Å². The number of amides is 1. The molecule has 25 heavy (non-hydrogen) atoms. The molecule has 1 heterocycles. The number of hydrogen-bond donors (Lipinski definition) is 2. The van der Waals surface area contributed by atoms with Crippen LogP contribution in [0, 0.1) is 0 Å². The van der Waals surface area contributed by atoms with Gasteiger partial charge in [0.1, 0.15) is 12.1 Å². The molecule has 1 aliphatic rings. The number of benzene rings is 1. The number of rotatable bonds is 7. The van der Waals surface area contributed by atoms with E-state index in [1.807, 2.05) is 5.38 Å². The van der Waals surface area contributed by atoms with E-state index in [1.165, 1.54) is 18.4 Å². The molecule has 132 valence electrons. The molecule has 0 saturated heterocycles. The van der Waals surface area contributed by atoms with Crippen molar-refractivity contribution in [2.45, 2.75) is 31.4 Å². The first-order valence-corrected chi connectivity index (χ1v) is 8.72. The first-order valence-electron chi connectivity index (χ1n) is 7.78. The number of carboxylic acids is 1. The van der Waals surface area contributed by atoms with Crippen molar-refractivity contribution in [3.63, 3.8) is 0 Å². The van der Waals surface area contributed by atoms with E-state index in [-0.39, 0.29) is 0 Å². The molecule has 1 aromatic heterocycles. The Labute approximate surface area is 148 Å². The molecule has 0 unspecified atom stereocenters. The van der Waals surface area contributed by atoms with Gasteiger partial charge in [0, 0.05) is 10.9 Å². The Morgan fingerprint density at radius 2 is 2.16 bits per heavy atom. The Kier molecular flexibility index (Phi) is 4.89. The summed E-state index contributed by atoms with van der Waals surface area (Å²) < 4.78 is 11.0. The number of carboxylic acid groups (broad SMARTS) is 1. The van der Waals surface area contributed by atoms with Crippen molar-refractivity contribution in [2.75, 3.05) is 7.11 Å². The maximum Gasteiger partial charge on any atom is 0.329 e. The molecular formula is C17H18N2O5S. The van der Waals surface area contributed by atoms with Crippen molar-refractivity contribution in [3.8, 4) is 11.5 Å². The maximum atomic E-state index is 12.4. The Balaban J connectivity index is 1.72. The molecule has 1 aromatic carbocycles. The summed E-state index contributed by atoms with van der Waals surface area (Å²) in [5.41, 5.74) is 1.71. The molecule has 1 amide bonds. The number of thiazole rings is 1. The van der Waals surface area contributed by atoms with Crippen LogP contribution in [-0.4, -0.2) is 34.6 Å². The van der Waals surface area contributed by atoms with Gasteiger partial charge in [-0.15, -0.1) is 11.3 Å². The molecule has 8 heteroatoms. The summed E-state index contributed by atoms with van der Waals surface area (Å²) in [5.74, 6) is -0.543. The first kappa shape index (κ1) is 17.2. The number of carbonyl (C=O) groups excluding carboxylic acids is 1. The summed E-state index contributed by atoms with van der Waals surface area (Å²) in [4.78, 5) is 27.9. The summed E-state index contributed by atoms with van der Waals surface area (Å²) in [6.07, 6.45) is 1.68. The topological polar surface area (TPSA) is 97.8 Å². The van der Waals surface area contributed by atoms with Crippen molar-refractivity contribution >= 4 is 23.2 Å². The van der Waals surface area contributed by atoms with E-state index in [0.717, 1.165) is 12.1 Å². The van der Waals surface area contributed by atoms with Crippen LogP contribution in [0.5, 0.6) is 11.5 Å². The van der Waals surface area contributed by atoms with Gasteiger partial charge in [-0.3, -0.25) is 4.79 Å². The highest BCUT2D eigenvalue weighted by Gasteiger charge is 2.45. The van der Waals surface area contributed by atoms with E-state index < -0.39 is 17.4 Å². The molecular weight excluding hydrogens is 344 g/mol. The third kappa shape index (κ3) is 3.58. The lowest BCUT2D eigenvalue weighted by Crippen LogP contribution is -2.59. The van der Waals surface area contributed by atoms with Crippen molar-refractivity contribution in [2.24, 2.45) is 0 Å². The van der Waals surface area contributed by atoms with E-state index in [2.05, 4.69) is 10.3 Å². The minimum Gasteiger partial charge on any atom is -0.493 e. The summed E-state index contributed by atoms with van der Waals surface area (Å²) in [6.45, 7) is 0.299. The van der Waals surface area contributed by atoms with Gasteiger partial charge in [0.15, 0.2) is 11.5 Å². The highest BCUT2D eigenvalue weighted by atomic mass is 32.1. The van der Waals surface area contributed by atoms with Crippen molar-refractivity contribution in [1.29, 1.82) is 0 Å². The summed E-state index contributed by atoms with van der Waals surface area (Å²) in [7, 11) is 1.48. The summed E-state index contributed by atoms with van der Waals surface area (Å²) in [6, 6.07) is 4.76. The van der Waals surface area contributed by atoms with Crippen molar-refractivity contribution < 1.29 is 24.2 Å². The molecule has 0 spiro atoms. The van der Waals surface area contributed by atoms with E-state index in [9.17, 15) is 14.7 Å². The summed E-state index contributed by atoms with van der Waals surface area (Å²) in [5, 5.41) is 13.8. The van der Waals surface area contributed by atoms with Gasteiger partial charge in [-0.05, 0) is 37.5 Å². The van der Waals surface area contributed by atoms with Crippen LogP contribution in [0.4, 0.5) is 0 Å².